The number of carbonyl (C=O) groups excluding carboxylic acids is 1. The molecule has 3 heterocycles. The number of aryl methyl sites for hydroxylation is 1. The molecule has 1 amide bonds. The van der Waals surface area contributed by atoms with E-state index in [1.165, 1.54) is 11.0 Å². The monoisotopic (exact) mass is 532 g/mol. The van der Waals surface area contributed by atoms with Crippen LogP contribution in [0.4, 0.5) is 14.7 Å². The predicted molar refractivity (Wildman–Crippen MR) is 143 cm³/mol. The normalized spacial score (nSPS) is 14.3. The van der Waals surface area contributed by atoms with Crippen LogP contribution in [0, 0.1) is 18.6 Å². The molecule has 0 radical (unpaired) electrons. The van der Waals surface area contributed by atoms with E-state index in [9.17, 15) is 13.6 Å². The molecule has 0 saturated carbocycles. The van der Waals surface area contributed by atoms with Gasteiger partial charge in [0.2, 0.25) is 5.95 Å². The Kier molecular flexibility index (Phi) is 6.15. The van der Waals surface area contributed by atoms with Crippen molar-refractivity contribution in [3.63, 3.8) is 0 Å². The first kappa shape index (κ1) is 24.2. The lowest BCUT2D eigenvalue weighted by Crippen LogP contribution is -2.36. The fourth-order valence-corrected chi connectivity index (χ4v) is 5.12. The van der Waals surface area contributed by atoms with Crippen LogP contribution in [-0.4, -0.2) is 56.6 Å². The van der Waals surface area contributed by atoms with Crippen molar-refractivity contribution in [1.29, 1.82) is 0 Å². The number of benzene rings is 3. The maximum absolute atomic E-state index is 14.3. The molecular formula is C28H23ClF2N6O. The molecule has 0 aliphatic carbocycles. The van der Waals surface area contributed by atoms with Crippen LogP contribution in [0.25, 0.3) is 27.9 Å². The highest BCUT2D eigenvalue weighted by atomic mass is 35.5. The number of halogens is 3. The van der Waals surface area contributed by atoms with Crippen molar-refractivity contribution < 1.29 is 13.6 Å². The number of carbonyl (C=O) groups is 1. The van der Waals surface area contributed by atoms with Gasteiger partial charge in [0.05, 0.1) is 5.52 Å². The Labute approximate surface area is 222 Å². The molecule has 2 aromatic heterocycles. The van der Waals surface area contributed by atoms with Crippen LogP contribution in [0.15, 0.2) is 60.7 Å². The van der Waals surface area contributed by atoms with Gasteiger partial charge in [-0.3, -0.25) is 4.79 Å². The molecule has 0 unspecified atom stereocenters. The van der Waals surface area contributed by atoms with Gasteiger partial charge in [0.25, 0.3) is 5.91 Å². The minimum atomic E-state index is -0.863. The van der Waals surface area contributed by atoms with Gasteiger partial charge in [-0.1, -0.05) is 41.4 Å². The Morgan fingerprint density at radius 2 is 1.71 bits per heavy atom. The number of anilines is 1. The van der Waals surface area contributed by atoms with Crippen LogP contribution in [0.1, 0.15) is 22.3 Å². The fraction of sp³-hybridized carbons (Fsp3) is 0.214. The van der Waals surface area contributed by atoms with E-state index in [-0.39, 0.29) is 6.54 Å². The summed E-state index contributed by atoms with van der Waals surface area (Å²) in [5.74, 6) is -1.12. The highest BCUT2D eigenvalue weighted by Crippen LogP contribution is 2.30. The highest BCUT2D eigenvalue weighted by Gasteiger charge is 2.27. The number of hydrogen-bond acceptors (Lipinski definition) is 5. The molecule has 0 spiro atoms. The number of aromatic nitrogens is 4. The minimum Gasteiger partial charge on any atom is -0.340 e. The number of fused-ring (bicyclic) bond motifs is 3. The number of nitrogens with zero attached hydrogens (tertiary/aromatic N) is 6. The lowest BCUT2D eigenvalue weighted by molar-refractivity contribution is 0.0757. The maximum Gasteiger partial charge on any atom is 0.259 e. The average Bonchev–Trinajstić information content (AvgIpc) is 3.19. The van der Waals surface area contributed by atoms with E-state index in [1.807, 2.05) is 41.7 Å². The summed E-state index contributed by atoms with van der Waals surface area (Å²) < 4.78 is 30.6. The molecule has 0 N–H and O–H groups in total. The first-order valence-electron chi connectivity index (χ1n) is 12.3. The molecule has 6 rings (SSSR count). The van der Waals surface area contributed by atoms with Crippen LogP contribution in [0.2, 0.25) is 5.02 Å². The SMILES string of the molecule is Cc1cccc(-c2nnc3c4ccc(Cl)cc4nc(N4CCCN(C(=O)c5c(F)cccc5F)CC4)n23)c1. The molecule has 192 valence electrons. The van der Waals surface area contributed by atoms with E-state index < -0.39 is 23.1 Å². The summed E-state index contributed by atoms with van der Waals surface area (Å²) in [7, 11) is 0. The fourth-order valence-electron chi connectivity index (χ4n) is 4.96. The van der Waals surface area contributed by atoms with Gasteiger partial charge in [-0.2, -0.15) is 0 Å². The van der Waals surface area contributed by atoms with Gasteiger partial charge in [-0.15, -0.1) is 10.2 Å². The van der Waals surface area contributed by atoms with E-state index in [0.717, 1.165) is 28.6 Å². The summed E-state index contributed by atoms with van der Waals surface area (Å²) in [4.78, 5) is 21.6. The van der Waals surface area contributed by atoms with E-state index in [0.29, 0.717) is 54.0 Å². The molecule has 5 aromatic rings. The van der Waals surface area contributed by atoms with Crippen molar-refractivity contribution >= 4 is 40.0 Å². The van der Waals surface area contributed by atoms with Gasteiger partial charge in [0.1, 0.15) is 17.2 Å². The molecule has 1 aliphatic rings. The van der Waals surface area contributed by atoms with E-state index in [1.54, 1.807) is 12.1 Å². The Balaban J connectivity index is 1.42. The molecule has 10 heteroatoms. The molecule has 1 saturated heterocycles. The van der Waals surface area contributed by atoms with Crippen molar-refractivity contribution in [2.45, 2.75) is 13.3 Å². The van der Waals surface area contributed by atoms with Crippen LogP contribution in [0.5, 0.6) is 0 Å². The van der Waals surface area contributed by atoms with Crippen molar-refractivity contribution in [2.75, 3.05) is 31.1 Å². The summed E-state index contributed by atoms with van der Waals surface area (Å²) >= 11 is 6.29. The number of hydrogen-bond donors (Lipinski definition) is 0. The minimum absolute atomic E-state index is 0.269. The van der Waals surface area contributed by atoms with Crippen LogP contribution in [-0.2, 0) is 0 Å². The van der Waals surface area contributed by atoms with Crippen LogP contribution >= 0.6 is 11.6 Å². The number of rotatable bonds is 3. The van der Waals surface area contributed by atoms with Crippen LogP contribution < -0.4 is 4.90 Å². The molecule has 7 nitrogen and oxygen atoms in total. The Hall–Kier alpha value is -4.11. The highest BCUT2D eigenvalue weighted by molar-refractivity contribution is 6.31. The van der Waals surface area contributed by atoms with Crippen molar-refractivity contribution in [1.82, 2.24) is 24.5 Å². The summed E-state index contributed by atoms with van der Waals surface area (Å²) in [5, 5.41) is 10.4. The molecule has 1 fully saturated rings. The maximum atomic E-state index is 14.3. The summed E-state index contributed by atoms with van der Waals surface area (Å²) in [6.45, 7) is 3.62. The Morgan fingerprint density at radius 3 is 2.50 bits per heavy atom. The van der Waals surface area contributed by atoms with Gasteiger partial charge in [0.15, 0.2) is 11.5 Å². The number of amides is 1. The first-order chi connectivity index (χ1) is 18.4. The Bertz CT molecular complexity index is 1680. The third kappa shape index (κ3) is 4.22. The van der Waals surface area contributed by atoms with Crippen LogP contribution in [0.3, 0.4) is 0 Å². The molecule has 0 atom stereocenters. The van der Waals surface area contributed by atoms with Gasteiger partial charge in [-0.05, 0) is 49.7 Å². The van der Waals surface area contributed by atoms with E-state index >= 15 is 0 Å². The smallest absolute Gasteiger partial charge is 0.259 e. The van der Waals surface area contributed by atoms with E-state index in [2.05, 4.69) is 15.1 Å². The molecule has 38 heavy (non-hydrogen) atoms. The molecule has 3 aromatic carbocycles. The summed E-state index contributed by atoms with van der Waals surface area (Å²) in [6, 6.07) is 16.9. The Morgan fingerprint density at radius 1 is 0.921 bits per heavy atom. The lowest BCUT2D eigenvalue weighted by atomic mass is 10.1. The summed E-state index contributed by atoms with van der Waals surface area (Å²) in [5.41, 5.74) is 2.78. The second kappa shape index (κ2) is 9.64. The standard InChI is InChI=1S/C28H23ClF2N6O/c1-17-5-2-6-18(15-17)25-33-34-26-20-10-9-19(29)16-23(20)32-28(37(25)26)36-12-4-11-35(13-14-36)27(38)24-21(30)7-3-8-22(24)31/h2-3,5-10,15-16H,4,11-14H2,1H3. The van der Waals surface area contributed by atoms with Crippen molar-refractivity contribution in [3.05, 3.63) is 88.4 Å². The summed E-state index contributed by atoms with van der Waals surface area (Å²) in [6.07, 6.45) is 0.584. The lowest BCUT2D eigenvalue weighted by Gasteiger charge is -2.24. The second-order valence-corrected chi connectivity index (χ2v) is 9.79. The van der Waals surface area contributed by atoms with Gasteiger partial charge in [-0.25, -0.2) is 18.2 Å². The molecule has 1 aliphatic heterocycles. The third-order valence-corrected chi connectivity index (χ3v) is 7.04. The van der Waals surface area contributed by atoms with E-state index in [4.69, 9.17) is 16.6 Å². The zero-order valence-corrected chi connectivity index (χ0v) is 21.3. The van der Waals surface area contributed by atoms with Gasteiger partial charge >= 0.3 is 0 Å². The quantitative estimate of drug-likeness (QED) is 0.305. The third-order valence-electron chi connectivity index (χ3n) is 6.80. The second-order valence-electron chi connectivity index (χ2n) is 9.35. The predicted octanol–water partition coefficient (Wildman–Crippen LogP) is 5.54. The first-order valence-corrected chi connectivity index (χ1v) is 12.7. The van der Waals surface area contributed by atoms with Gasteiger partial charge in [0, 0.05) is 42.2 Å². The topological polar surface area (TPSA) is 66.6 Å². The average molecular weight is 533 g/mol. The van der Waals surface area contributed by atoms with Crippen molar-refractivity contribution in [2.24, 2.45) is 0 Å². The van der Waals surface area contributed by atoms with Crippen molar-refractivity contribution in [3.8, 4) is 11.4 Å². The molecule has 0 bridgehead atoms. The molecular weight excluding hydrogens is 510 g/mol. The zero-order valence-electron chi connectivity index (χ0n) is 20.5. The van der Waals surface area contributed by atoms with Gasteiger partial charge < -0.3 is 9.80 Å². The largest absolute Gasteiger partial charge is 0.340 e. The zero-order chi connectivity index (χ0) is 26.4.